The second-order valence-electron chi connectivity index (χ2n) is 4.04. The maximum Gasteiger partial charge on any atom is 0.173 e. The molecule has 0 spiro atoms. The van der Waals surface area contributed by atoms with Crippen LogP contribution in [0.15, 0.2) is 18.5 Å². The molecule has 1 atom stereocenters. The van der Waals surface area contributed by atoms with Gasteiger partial charge in [-0.1, -0.05) is 13.8 Å². The molecule has 1 unspecified atom stereocenters. The molecule has 0 fully saturated rings. The molecule has 2 nitrogen and oxygen atoms in total. The number of aromatic nitrogens is 2. The number of aryl methyl sites for hydroxylation is 1. The van der Waals surface area contributed by atoms with Crippen molar-refractivity contribution in [2.75, 3.05) is 0 Å². The Morgan fingerprint density at radius 3 is 2.87 bits per heavy atom. The molecule has 2 aromatic rings. The van der Waals surface area contributed by atoms with Gasteiger partial charge >= 0.3 is 0 Å². The van der Waals surface area contributed by atoms with Crippen LogP contribution in [0.3, 0.4) is 0 Å². The van der Waals surface area contributed by atoms with Gasteiger partial charge in [0.25, 0.3) is 0 Å². The van der Waals surface area contributed by atoms with Crippen molar-refractivity contribution in [2.45, 2.75) is 33.1 Å². The van der Waals surface area contributed by atoms with E-state index in [1.807, 2.05) is 19.3 Å². The molecule has 80 valence electrons. The lowest BCUT2D eigenvalue weighted by atomic mass is 10.0. The van der Waals surface area contributed by atoms with Crippen molar-refractivity contribution in [3.05, 3.63) is 35.5 Å². The van der Waals surface area contributed by atoms with Crippen LogP contribution < -0.4 is 0 Å². The third kappa shape index (κ3) is 1.74. The number of imidazole rings is 1. The van der Waals surface area contributed by atoms with Gasteiger partial charge in [-0.05, 0) is 30.9 Å². The molecule has 0 amide bonds. The summed E-state index contributed by atoms with van der Waals surface area (Å²) < 4.78 is 15.4. The van der Waals surface area contributed by atoms with Gasteiger partial charge < -0.3 is 4.40 Å². The van der Waals surface area contributed by atoms with Gasteiger partial charge in [0.2, 0.25) is 0 Å². The average molecular weight is 206 g/mol. The van der Waals surface area contributed by atoms with Crippen LogP contribution in [0, 0.1) is 12.7 Å². The van der Waals surface area contributed by atoms with Gasteiger partial charge in [0.05, 0.1) is 5.69 Å². The maximum atomic E-state index is 13.7. The molecule has 0 saturated carbocycles. The number of hydrogen-bond donors (Lipinski definition) is 0. The van der Waals surface area contributed by atoms with Gasteiger partial charge in [-0.15, -0.1) is 0 Å². The Bertz CT molecular complexity index is 488. The van der Waals surface area contributed by atoms with Crippen molar-refractivity contribution in [3.63, 3.8) is 0 Å². The van der Waals surface area contributed by atoms with Crippen molar-refractivity contribution < 1.29 is 4.39 Å². The number of rotatable bonds is 2. The van der Waals surface area contributed by atoms with Gasteiger partial charge in [0.15, 0.2) is 11.5 Å². The summed E-state index contributed by atoms with van der Waals surface area (Å²) in [6.07, 6.45) is 4.83. The summed E-state index contributed by atoms with van der Waals surface area (Å²) in [7, 11) is 0. The predicted octanol–water partition coefficient (Wildman–Crippen LogP) is 3.30. The molecule has 2 aromatic heterocycles. The number of nitrogens with zero attached hydrogens (tertiary/aromatic N) is 2. The van der Waals surface area contributed by atoms with Crippen molar-refractivity contribution in [3.8, 4) is 0 Å². The predicted molar refractivity (Wildman–Crippen MR) is 58.6 cm³/mol. The van der Waals surface area contributed by atoms with Crippen LogP contribution in [0.1, 0.15) is 37.4 Å². The van der Waals surface area contributed by atoms with E-state index in [1.54, 1.807) is 10.5 Å². The molecule has 0 bridgehead atoms. The summed E-state index contributed by atoms with van der Waals surface area (Å²) in [5.74, 6) is 0.146. The Balaban J connectivity index is 2.61. The number of halogens is 1. The van der Waals surface area contributed by atoms with E-state index < -0.39 is 0 Å². The van der Waals surface area contributed by atoms with Crippen molar-refractivity contribution in [1.29, 1.82) is 0 Å². The second-order valence-corrected chi connectivity index (χ2v) is 4.04. The summed E-state index contributed by atoms with van der Waals surface area (Å²) in [6, 6.07) is 1.59. The zero-order valence-corrected chi connectivity index (χ0v) is 9.29. The first-order valence-corrected chi connectivity index (χ1v) is 5.26. The van der Waals surface area contributed by atoms with Gasteiger partial charge in [0.1, 0.15) is 0 Å². The van der Waals surface area contributed by atoms with Crippen molar-refractivity contribution in [1.82, 2.24) is 9.38 Å². The highest BCUT2D eigenvalue weighted by molar-refractivity contribution is 5.43. The van der Waals surface area contributed by atoms with Crippen molar-refractivity contribution in [2.24, 2.45) is 0 Å². The molecule has 2 heterocycles. The lowest BCUT2D eigenvalue weighted by molar-refractivity contribution is 0.619. The van der Waals surface area contributed by atoms with Gasteiger partial charge in [-0.25, -0.2) is 9.37 Å². The van der Waals surface area contributed by atoms with Crippen LogP contribution in [0.5, 0.6) is 0 Å². The molecule has 0 radical (unpaired) electrons. The molecular formula is C12H15FN2. The quantitative estimate of drug-likeness (QED) is 0.737. The SMILES string of the molecule is CCC(C)c1cc(F)c2nc(C)cn2c1. The lowest BCUT2D eigenvalue weighted by Gasteiger charge is -2.09. The van der Waals surface area contributed by atoms with Crippen LogP contribution in [-0.4, -0.2) is 9.38 Å². The van der Waals surface area contributed by atoms with Gasteiger partial charge in [0, 0.05) is 12.4 Å². The normalized spacial score (nSPS) is 13.3. The zero-order valence-electron chi connectivity index (χ0n) is 9.29. The second kappa shape index (κ2) is 3.65. The molecule has 0 aliphatic carbocycles. The van der Waals surface area contributed by atoms with Crippen molar-refractivity contribution >= 4 is 5.65 Å². The van der Waals surface area contributed by atoms with E-state index in [0.29, 0.717) is 11.6 Å². The lowest BCUT2D eigenvalue weighted by Crippen LogP contribution is -1.97. The summed E-state index contributed by atoms with van der Waals surface area (Å²) in [4.78, 5) is 4.13. The topological polar surface area (TPSA) is 17.3 Å². The van der Waals surface area contributed by atoms with Crippen LogP contribution in [0.2, 0.25) is 0 Å². The van der Waals surface area contributed by atoms with Crippen LogP contribution >= 0.6 is 0 Å². The minimum atomic E-state index is -0.235. The Hall–Kier alpha value is -1.38. The van der Waals surface area contributed by atoms with Gasteiger partial charge in [-0.3, -0.25) is 0 Å². The third-order valence-corrected chi connectivity index (χ3v) is 2.83. The zero-order chi connectivity index (χ0) is 11.0. The van der Waals surface area contributed by atoms with E-state index >= 15 is 0 Å². The molecule has 0 aliphatic heterocycles. The van der Waals surface area contributed by atoms with E-state index in [9.17, 15) is 4.39 Å². The highest BCUT2D eigenvalue weighted by atomic mass is 19.1. The Kier molecular flexibility index (Phi) is 2.47. The van der Waals surface area contributed by atoms with Gasteiger partial charge in [-0.2, -0.15) is 0 Å². The molecule has 0 aromatic carbocycles. The molecule has 0 aliphatic rings. The molecule has 2 rings (SSSR count). The summed E-state index contributed by atoms with van der Waals surface area (Å²) in [5.41, 5.74) is 2.29. The number of pyridine rings is 1. The first kappa shape index (κ1) is 10.1. The van der Waals surface area contributed by atoms with E-state index in [4.69, 9.17) is 0 Å². The van der Waals surface area contributed by atoms with Crippen LogP contribution in [0.4, 0.5) is 4.39 Å². The Morgan fingerprint density at radius 2 is 2.20 bits per heavy atom. The molecule has 3 heteroatoms. The monoisotopic (exact) mass is 206 g/mol. The fraction of sp³-hybridized carbons (Fsp3) is 0.417. The fourth-order valence-electron chi connectivity index (χ4n) is 1.71. The largest absolute Gasteiger partial charge is 0.304 e. The first-order chi connectivity index (χ1) is 7.11. The Morgan fingerprint density at radius 1 is 1.47 bits per heavy atom. The summed E-state index contributed by atoms with van der Waals surface area (Å²) in [5, 5.41) is 0. The fourth-order valence-corrected chi connectivity index (χ4v) is 1.71. The van der Waals surface area contributed by atoms with Crippen LogP contribution in [0.25, 0.3) is 5.65 Å². The smallest absolute Gasteiger partial charge is 0.173 e. The summed E-state index contributed by atoms with van der Waals surface area (Å²) >= 11 is 0. The summed E-state index contributed by atoms with van der Waals surface area (Å²) in [6.45, 7) is 6.08. The molecule has 15 heavy (non-hydrogen) atoms. The van der Waals surface area contributed by atoms with Crippen LogP contribution in [-0.2, 0) is 0 Å². The highest BCUT2D eigenvalue weighted by Gasteiger charge is 2.10. The molecular weight excluding hydrogens is 191 g/mol. The first-order valence-electron chi connectivity index (χ1n) is 5.26. The Labute approximate surface area is 88.8 Å². The highest BCUT2D eigenvalue weighted by Crippen LogP contribution is 2.21. The average Bonchev–Trinajstić information content (AvgIpc) is 2.58. The number of hydrogen-bond acceptors (Lipinski definition) is 1. The molecule has 0 saturated heterocycles. The standard InChI is InChI=1S/C12H15FN2/c1-4-8(2)10-5-11(13)12-14-9(3)6-15(12)7-10/h5-8H,4H2,1-3H3. The van der Waals surface area contributed by atoms with E-state index in [1.165, 1.54) is 0 Å². The van der Waals surface area contributed by atoms with E-state index in [0.717, 1.165) is 17.7 Å². The van der Waals surface area contributed by atoms with E-state index in [-0.39, 0.29) is 5.82 Å². The molecule has 0 N–H and O–H groups in total. The minimum absolute atomic E-state index is 0.235. The minimum Gasteiger partial charge on any atom is -0.304 e. The third-order valence-electron chi connectivity index (χ3n) is 2.83. The van der Waals surface area contributed by atoms with E-state index in [2.05, 4.69) is 18.8 Å². The maximum absolute atomic E-state index is 13.7. The number of fused-ring (bicyclic) bond motifs is 1.